The summed E-state index contributed by atoms with van der Waals surface area (Å²) in [6.45, 7) is 2.60. The van der Waals surface area contributed by atoms with Crippen molar-refractivity contribution in [1.29, 1.82) is 0 Å². The molecule has 2 rings (SSSR count). The van der Waals surface area contributed by atoms with Crippen molar-refractivity contribution in [3.63, 3.8) is 0 Å². The predicted molar refractivity (Wildman–Crippen MR) is 96.7 cm³/mol. The lowest BCUT2D eigenvalue weighted by atomic mass is 10.0. The lowest BCUT2D eigenvalue weighted by molar-refractivity contribution is -0.133. The van der Waals surface area contributed by atoms with Crippen molar-refractivity contribution in [2.75, 3.05) is 27.8 Å². The van der Waals surface area contributed by atoms with Gasteiger partial charge in [0.15, 0.2) is 0 Å². The van der Waals surface area contributed by atoms with Gasteiger partial charge < -0.3 is 14.4 Å². The lowest BCUT2D eigenvalue weighted by Gasteiger charge is -2.12. The molecule has 0 saturated carbocycles. The van der Waals surface area contributed by atoms with E-state index in [2.05, 4.69) is 0 Å². The van der Waals surface area contributed by atoms with Crippen molar-refractivity contribution >= 4 is 11.5 Å². The fourth-order valence-electron chi connectivity index (χ4n) is 2.39. The number of carbonyl (C=O) groups excluding carboxylic acids is 1. The Morgan fingerprint density at radius 3 is 2.38 bits per heavy atom. The summed E-state index contributed by atoms with van der Waals surface area (Å²) in [4.78, 5) is 13.8. The number of nitrogens with zero attached hydrogens (tertiary/aromatic N) is 1. The Bertz CT molecular complexity index is 718. The molecule has 0 aliphatic heterocycles. The second-order valence-electron chi connectivity index (χ2n) is 5.54. The van der Waals surface area contributed by atoms with Gasteiger partial charge in [0.05, 0.1) is 19.3 Å². The van der Waals surface area contributed by atoms with E-state index < -0.39 is 0 Å². The van der Waals surface area contributed by atoms with Gasteiger partial charge in [-0.05, 0) is 35.7 Å². The molecule has 0 unspecified atom stereocenters. The second kappa shape index (κ2) is 8.20. The average molecular weight is 325 g/mol. The van der Waals surface area contributed by atoms with Crippen molar-refractivity contribution < 1.29 is 14.3 Å². The minimum Gasteiger partial charge on any atom is -0.494 e. The SMILES string of the molecule is CCOc1cccc(-c2ccc(/C(=C/N(C)C)C(=O)OC)cc2)c1. The highest BCUT2D eigenvalue weighted by molar-refractivity contribution is 6.16. The average Bonchev–Trinajstić information content (AvgIpc) is 2.59. The summed E-state index contributed by atoms with van der Waals surface area (Å²) in [5.41, 5.74) is 3.48. The third-order valence-corrected chi connectivity index (χ3v) is 3.47. The van der Waals surface area contributed by atoms with Crippen LogP contribution in [0.1, 0.15) is 12.5 Å². The van der Waals surface area contributed by atoms with Gasteiger partial charge in [0.25, 0.3) is 0 Å². The number of methoxy groups -OCH3 is 1. The highest BCUT2D eigenvalue weighted by Gasteiger charge is 2.13. The van der Waals surface area contributed by atoms with Crippen LogP contribution in [0.3, 0.4) is 0 Å². The van der Waals surface area contributed by atoms with Crippen molar-refractivity contribution in [3.8, 4) is 16.9 Å². The van der Waals surface area contributed by atoms with Crippen LogP contribution in [0, 0.1) is 0 Å². The standard InChI is InChI=1S/C20H23NO3/c1-5-24-18-8-6-7-17(13-18)15-9-11-16(12-10-15)19(14-21(2)3)20(22)23-4/h6-14H,5H2,1-4H3/b19-14-. The summed E-state index contributed by atoms with van der Waals surface area (Å²) in [7, 11) is 5.13. The molecule has 4 nitrogen and oxygen atoms in total. The van der Waals surface area contributed by atoms with Crippen molar-refractivity contribution in [2.24, 2.45) is 0 Å². The molecule has 126 valence electrons. The summed E-state index contributed by atoms with van der Waals surface area (Å²) in [5.74, 6) is 0.497. The van der Waals surface area contributed by atoms with E-state index in [0.717, 1.165) is 22.4 Å². The summed E-state index contributed by atoms with van der Waals surface area (Å²) in [6, 6.07) is 15.8. The molecule has 2 aromatic rings. The van der Waals surface area contributed by atoms with Crippen LogP contribution in [0.4, 0.5) is 0 Å². The first kappa shape index (κ1) is 17.6. The predicted octanol–water partition coefficient (Wildman–Crippen LogP) is 3.83. The minimum absolute atomic E-state index is 0.352. The zero-order valence-electron chi connectivity index (χ0n) is 14.6. The van der Waals surface area contributed by atoms with Gasteiger partial charge in [-0.2, -0.15) is 0 Å². The molecule has 0 aliphatic carbocycles. The van der Waals surface area contributed by atoms with Gasteiger partial charge in [-0.3, -0.25) is 0 Å². The molecule has 0 aliphatic rings. The normalized spacial score (nSPS) is 11.1. The van der Waals surface area contributed by atoms with Crippen LogP contribution in [0.15, 0.2) is 54.7 Å². The summed E-state index contributed by atoms with van der Waals surface area (Å²) >= 11 is 0. The third kappa shape index (κ3) is 4.38. The molecular weight excluding hydrogens is 302 g/mol. The number of hydrogen-bond acceptors (Lipinski definition) is 4. The highest BCUT2D eigenvalue weighted by Crippen LogP contribution is 2.26. The first-order valence-electron chi connectivity index (χ1n) is 7.85. The van der Waals surface area contributed by atoms with E-state index in [-0.39, 0.29) is 5.97 Å². The van der Waals surface area contributed by atoms with E-state index in [1.54, 1.807) is 6.20 Å². The Hall–Kier alpha value is -2.75. The van der Waals surface area contributed by atoms with Crippen LogP contribution in [0.2, 0.25) is 0 Å². The number of benzene rings is 2. The maximum atomic E-state index is 12.0. The number of carbonyl (C=O) groups is 1. The Morgan fingerprint density at radius 2 is 1.79 bits per heavy atom. The number of hydrogen-bond donors (Lipinski definition) is 0. The first-order valence-corrected chi connectivity index (χ1v) is 7.85. The van der Waals surface area contributed by atoms with E-state index >= 15 is 0 Å². The summed E-state index contributed by atoms with van der Waals surface area (Å²) in [6.07, 6.45) is 1.76. The maximum absolute atomic E-state index is 12.0. The fraction of sp³-hybridized carbons (Fsp3) is 0.250. The van der Waals surface area contributed by atoms with Crippen molar-refractivity contribution in [2.45, 2.75) is 6.92 Å². The van der Waals surface area contributed by atoms with E-state index in [0.29, 0.717) is 12.2 Å². The van der Waals surface area contributed by atoms with Gasteiger partial charge in [-0.1, -0.05) is 36.4 Å². The van der Waals surface area contributed by atoms with E-state index in [1.807, 2.05) is 74.4 Å². The molecule has 0 atom stereocenters. The molecule has 24 heavy (non-hydrogen) atoms. The van der Waals surface area contributed by atoms with E-state index in [9.17, 15) is 4.79 Å². The monoisotopic (exact) mass is 325 g/mol. The van der Waals surface area contributed by atoms with Crippen LogP contribution >= 0.6 is 0 Å². The Balaban J connectivity index is 2.32. The quantitative estimate of drug-likeness (QED) is 0.598. The molecule has 0 N–H and O–H groups in total. The van der Waals surface area contributed by atoms with E-state index in [1.165, 1.54) is 7.11 Å². The van der Waals surface area contributed by atoms with Crippen LogP contribution in [-0.4, -0.2) is 38.7 Å². The van der Waals surface area contributed by atoms with E-state index in [4.69, 9.17) is 9.47 Å². The Morgan fingerprint density at radius 1 is 1.08 bits per heavy atom. The summed E-state index contributed by atoms with van der Waals surface area (Å²) < 4.78 is 10.4. The number of esters is 1. The van der Waals surface area contributed by atoms with Crippen LogP contribution in [0.25, 0.3) is 16.7 Å². The molecule has 2 aromatic carbocycles. The van der Waals surface area contributed by atoms with Gasteiger partial charge in [-0.15, -0.1) is 0 Å². The minimum atomic E-state index is -0.352. The smallest absolute Gasteiger partial charge is 0.339 e. The third-order valence-electron chi connectivity index (χ3n) is 3.47. The lowest BCUT2D eigenvalue weighted by Crippen LogP contribution is -2.10. The number of rotatable bonds is 6. The van der Waals surface area contributed by atoms with Gasteiger partial charge in [-0.25, -0.2) is 4.79 Å². The molecule has 0 bridgehead atoms. The van der Waals surface area contributed by atoms with Gasteiger partial charge in [0.1, 0.15) is 5.75 Å². The zero-order chi connectivity index (χ0) is 17.5. The molecule has 0 amide bonds. The van der Waals surface area contributed by atoms with Crippen LogP contribution in [0.5, 0.6) is 5.75 Å². The maximum Gasteiger partial charge on any atom is 0.339 e. The van der Waals surface area contributed by atoms with Gasteiger partial charge in [0, 0.05) is 20.3 Å². The number of ether oxygens (including phenoxy) is 2. The van der Waals surface area contributed by atoms with Crippen LogP contribution < -0.4 is 4.74 Å². The molecule has 0 radical (unpaired) electrons. The topological polar surface area (TPSA) is 38.8 Å². The second-order valence-corrected chi connectivity index (χ2v) is 5.54. The van der Waals surface area contributed by atoms with Crippen molar-refractivity contribution in [3.05, 3.63) is 60.3 Å². The molecular formula is C20H23NO3. The molecule has 0 aromatic heterocycles. The molecule has 4 heteroatoms. The summed E-state index contributed by atoms with van der Waals surface area (Å²) in [5, 5.41) is 0. The van der Waals surface area contributed by atoms with Crippen molar-refractivity contribution in [1.82, 2.24) is 4.90 Å². The highest BCUT2D eigenvalue weighted by atomic mass is 16.5. The van der Waals surface area contributed by atoms with Gasteiger partial charge in [0.2, 0.25) is 0 Å². The van der Waals surface area contributed by atoms with Crippen LogP contribution in [-0.2, 0) is 9.53 Å². The molecule has 0 spiro atoms. The fourth-order valence-corrected chi connectivity index (χ4v) is 2.39. The Labute approximate surface area is 143 Å². The van der Waals surface area contributed by atoms with Gasteiger partial charge >= 0.3 is 5.97 Å². The molecule has 0 fully saturated rings. The largest absolute Gasteiger partial charge is 0.494 e. The zero-order valence-corrected chi connectivity index (χ0v) is 14.6. The first-order chi connectivity index (χ1) is 11.5. The molecule has 0 saturated heterocycles. The molecule has 0 heterocycles. The Kier molecular flexibility index (Phi) is 6.01.